The quantitative estimate of drug-likeness (QED) is 0.189. The Kier molecular flexibility index (Phi) is 7.17. The second-order valence-corrected chi connectivity index (χ2v) is 9.88. The molecule has 13 heteroatoms. The van der Waals surface area contributed by atoms with Gasteiger partial charge < -0.3 is 0 Å². The molecule has 4 unspecified atom stereocenters. The Morgan fingerprint density at radius 3 is 2.22 bits per heavy atom. The van der Waals surface area contributed by atoms with Crippen molar-refractivity contribution in [3.05, 3.63) is 34.6 Å². The number of fused-ring (bicyclic) bond motifs is 1. The van der Waals surface area contributed by atoms with Crippen molar-refractivity contribution in [2.75, 3.05) is 13.2 Å². The minimum atomic E-state index is -1.74. The van der Waals surface area contributed by atoms with E-state index in [0.29, 0.717) is 5.39 Å². The number of hydrogen-bond acceptors (Lipinski definition) is 11. The van der Waals surface area contributed by atoms with Crippen molar-refractivity contribution in [3.8, 4) is 0 Å². The molecular formula is C19H25NO11Se. The molecule has 178 valence electrons. The number of nitrogens with zero attached hydrogens (tertiary/aromatic N) is 1. The molecule has 10 atom stereocenters. The van der Waals surface area contributed by atoms with Crippen molar-refractivity contribution in [2.24, 2.45) is 0 Å². The van der Waals surface area contributed by atoms with Gasteiger partial charge in [0, 0.05) is 0 Å². The summed E-state index contributed by atoms with van der Waals surface area (Å²) in [5.74, 6) is 0. The summed E-state index contributed by atoms with van der Waals surface area (Å²) < 4.78 is 18.6. The van der Waals surface area contributed by atoms with Crippen LogP contribution in [0.3, 0.4) is 0 Å². The van der Waals surface area contributed by atoms with E-state index in [0.717, 1.165) is 4.26 Å². The normalized spacial score (nSPS) is 40.6. The zero-order chi connectivity index (χ0) is 23.2. The van der Waals surface area contributed by atoms with E-state index >= 15 is 0 Å². The molecule has 0 spiro atoms. The van der Waals surface area contributed by atoms with Crippen LogP contribution >= 0.6 is 0 Å². The Balaban J connectivity index is 1.57. The Morgan fingerprint density at radius 2 is 1.56 bits per heavy atom. The van der Waals surface area contributed by atoms with Crippen molar-refractivity contribution >= 4 is 24.4 Å². The summed E-state index contributed by atoms with van der Waals surface area (Å²) in [5, 5.41) is 71.1. The third-order valence-corrected chi connectivity index (χ3v) is 8.08. The first-order valence-electron chi connectivity index (χ1n) is 9.97. The Morgan fingerprint density at radius 1 is 0.875 bits per heavy atom. The molecule has 12 nitrogen and oxygen atoms in total. The van der Waals surface area contributed by atoms with Crippen LogP contribution in [0.1, 0.15) is 6.23 Å². The van der Waals surface area contributed by atoms with Crippen molar-refractivity contribution in [3.63, 3.8) is 0 Å². The number of aliphatic hydroxyl groups is 7. The van der Waals surface area contributed by atoms with Crippen LogP contribution in [0.25, 0.3) is 9.65 Å². The summed E-state index contributed by atoms with van der Waals surface area (Å²) in [6, 6.07) is 6.93. The molecule has 0 radical (unpaired) electrons. The zero-order valence-electron chi connectivity index (χ0n) is 16.6. The van der Waals surface area contributed by atoms with E-state index in [2.05, 4.69) is 0 Å². The second-order valence-electron chi connectivity index (χ2n) is 7.75. The molecular weight excluding hydrogens is 497 g/mol. The summed E-state index contributed by atoms with van der Waals surface area (Å²) >= 11 is -0.524. The number of hydrogen-bond donors (Lipinski definition) is 7. The first-order chi connectivity index (χ1) is 15.3. The predicted octanol–water partition coefficient (Wildman–Crippen LogP) is -4.14. The first kappa shape index (κ1) is 24.0. The number of ether oxygens (including phenoxy) is 3. The van der Waals surface area contributed by atoms with E-state index in [1.54, 1.807) is 24.3 Å². The maximum atomic E-state index is 12.8. The average molecular weight is 522 g/mol. The van der Waals surface area contributed by atoms with Gasteiger partial charge in [0.1, 0.15) is 0 Å². The van der Waals surface area contributed by atoms with Gasteiger partial charge in [-0.25, -0.2) is 0 Å². The number of benzene rings is 1. The van der Waals surface area contributed by atoms with Gasteiger partial charge in [0.2, 0.25) is 0 Å². The Bertz CT molecular complexity index is 978. The zero-order valence-corrected chi connectivity index (χ0v) is 18.3. The molecule has 0 amide bonds. The van der Waals surface area contributed by atoms with Crippen LogP contribution in [0.5, 0.6) is 0 Å². The third-order valence-electron chi connectivity index (χ3n) is 5.72. The molecule has 2 fully saturated rings. The molecule has 0 aliphatic carbocycles. The van der Waals surface area contributed by atoms with E-state index < -0.39 is 89.3 Å². The molecule has 1 aromatic heterocycles. The maximum absolute atomic E-state index is 12.8. The van der Waals surface area contributed by atoms with Gasteiger partial charge >= 0.3 is 187 Å². The van der Waals surface area contributed by atoms with E-state index in [9.17, 15) is 40.5 Å². The molecule has 2 aliphatic rings. The molecule has 0 saturated carbocycles. The topological polar surface area (TPSA) is 191 Å². The van der Waals surface area contributed by atoms with E-state index in [4.69, 9.17) is 14.2 Å². The van der Waals surface area contributed by atoms with Crippen LogP contribution in [-0.4, -0.2) is 122 Å². The molecule has 2 aliphatic heterocycles. The predicted molar refractivity (Wildman–Crippen MR) is 107 cm³/mol. The fourth-order valence-corrected chi connectivity index (χ4v) is 6.15. The fraction of sp³-hybridized carbons (Fsp3) is 0.632. The minimum absolute atomic E-state index is 0.373. The molecule has 7 N–H and O–H groups in total. The van der Waals surface area contributed by atoms with Crippen molar-refractivity contribution in [1.29, 1.82) is 0 Å². The van der Waals surface area contributed by atoms with Gasteiger partial charge in [0.15, 0.2) is 0 Å². The van der Waals surface area contributed by atoms with Gasteiger partial charge in [-0.15, -0.1) is 0 Å². The fourth-order valence-electron chi connectivity index (χ4n) is 3.92. The van der Waals surface area contributed by atoms with Crippen molar-refractivity contribution < 1.29 is 50.0 Å². The number of aromatic nitrogens is 1. The third kappa shape index (κ3) is 4.09. The van der Waals surface area contributed by atoms with Crippen LogP contribution in [0, 0.1) is 0 Å². The molecule has 0 bridgehead atoms. The van der Waals surface area contributed by atoms with Gasteiger partial charge in [0.25, 0.3) is 0 Å². The van der Waals surface area contributed by atoms with Crippen molar-refractivity contribution in [2.45, 2.75) is 61.3 Å². The number of rotatable bonds is 5. The number of aliphatic hydroxyl groups excluding tert-OH is 7. The summed E-state index contributed by atoms with van der Waals surface area (Å²) in [4.78, 5) is 12.8. The van der Waals surface area contributed by atoms with Crippen molar-refractivity contribution in [1.82, 2.24) is 3.56 Å². The van der Waals surface area contributed by atoms with E-state index in [1.165, 1.54) is 3.56 Å². The Labute approximate surface area is 187 Å². The Hall–Kier alpha value is -1.19. The molecule has 2 saturated heterocycles. The standard InChI is InChI=1S/C19H25NO11Se/c21-5-8-11(23)12(24)15(27)19(30-8)31-16-9(6-22)29-18(14(26)13(16)25)20-17(28)7-3-1-2-4-10(7)32-20/h1-4,8-9,11-16,18-19,21-27H,5-6H2/t8?,9?,11-,12+,13-,14?,15?,16-,18-,19-/m1/s1. The van der Waals surface area contributed by atoms with Gasteiger partial charge in [-0.05, 0) is 0 Å². The van der Waals surface area contributed by atoms with Crippen LogP contribution in [-0.2, 0) is 14.2 Å². The van der Waals surface area contributed by atoms with Gasteiger partial charge in [0.05, 0.1) is 0 Å². The SMILES string of the molecule is O=c1c2ccccc2[se]n1[C@@H]1OC(CO)[C@@H](O[C@H]2OC(CO)[C@@H](O)[C@H](O)C2O)[C@H](O)C1O. The van der Waals surface area contributed by atoms with Gasteiger partial charge in [-0.1, -0.05) is 0 Å². The summed E-state index contributed by atoms with van der Waals surface area (Å²) in [7, 11) is 0. The van der Waals surface area contributed by atoms with Crippen LogP contribution < -0.4 is 5.56 Å². The first-order valence-corrected chi connectivity index (χ1v) is 11.6. The van der Waals surface area contributed by atoms with Crippen LogP contribution in [0.15, 0.2) is 29.1 Å². The van der Waals surface area contributed by atoms with E-state index in [1.807, 2.05) is 0 Å². The van der Waals surface area contributed by atoms with Gasteiger partial charge in [-0.3, -0.25) is 0 Å². The van der Waals surface area contributed by atoms with Crippen LogP contribution in [0.2, 0.25) is 0 Å². The molecule has 2 aromatic rings. The molecule has 1 aromatic carbocycles. The van der Waals surface area contributed by atoms with Gasteiger partial charge in [-0.2, -0.15) is 0 Å². The summed E-state index contributed by atoms with van der Waals surface area (Å²) in [6.07, 6.45) is -15.1. The monoisotopic (exact) mass is 523 g/mol. The van der Waals surface area contributed by atoms with E-state index in [-0.39, 0.29) is 5.56 Å². The van der Waals surface area contributed by atoms with Crippen LogP contribution in [0.4, 0.5) is 0 Å². The summed E-state index contributed by atoms with van der Waals surface area (Å²) in [6.45, 7) is -1.34. The second kappa shape index (κ2) is 9.58. The summed E-state index contributed by atoms with van der Waals surface area (Å²) in [5.41, 5.74) is -0.373. The molecule has 32 heavy (non-hydrogen) atoms. The average Bonchev–Trinajstić information content (AvgIpc) is 3.13. The molecule has 4 rings (SSSR count). The molecule has 3 heterocycles.